The SMILES string of the molecule is Cc1c([C@@H](O)CNCc2ncc(Br)cn2)ccc2c1COC2=O. The van der Waals surface area contributed by atoms with Crippen molar-refractivity contribution in [1.82, 2.24) is 15.3 Å². The number of esters is 1. The topological polar surface area (TPSA) is 84.3 Å². The third-order valence-electron chi connectivity index (χ3n) is 3.86. The predicted molar refractivity (Wildman–Crippen MR) is 86.7 cm³/mol. The van der Waals surface area contributed by atoms with Gasteiger partial charge in [-0.3, -0.25) is 0 Å². The van der Waals surface area contributed by atoms with E-state index in [2.05, 4.69) is 31.2 Å². The lowest BCUT2D eigenvalue weighted by Crippen LogP contribution is -2.23. The highest BCUT2D eigenvalue weighted by atomic mass is 79.9. The minimum absolute atomic E-state index is 0.278. The van der Waals surface area contributed by atoms with Gasteiger partial charge in [0.25, 0.3) is 0 Å². The normalized spacial score (nSPS) is 14.5. The molecule has 1 atom stereocenters. The fourth-order valence-corrected chi connectivity index (χ4v) is 2.79. The van der Waals surface area contributed by atoms with E-state index in [1.54, 1.807) is 24.5 Å². The van der Waals surface area contributed by atoms with Gasteiger partial charge in [-0.05, 0) is 40.0 Å². The molecule has 1 aromatic carbocycles. The number of aliphatic hydroxyl groups is 1. The lowest BCUT2D eigenvalue weighted by molar-refractivity contribution is 0.0535. The van der Waals surface area contributed by atoms with Crippen molar-refractivity contribution in [1.29, 1.82) is 0 Å². The monoisotopic (exact) mass is 377 g/mol. The van der Waals surface area contributed by atoms with Crippen LogP contribution in [0.5, 0.6) is 0 Å². The summed E-state index contributed by atoms with van der Waals surface area (Å²) in [6.45, 7) is 3.02. The van der Waals surface area contributed by atoms with E-state index in [1.807, 2.05) is 6.92 Å². The van der Waals surface area contributed by atoms with Crippen LogP contribution in [0.2, 0.25) is 0 Å². The number of nitrogens with zero attached hydrogens (tertiary/aromatic N) is 2. The Morgan fingerprint density at radius 1 is 1.39 bits per heavy atom. The second-order valence-electron chi connectivity index (χ2n) is 5.35. The summed E-state index contributed by atoms with van der Waals surface area (Å²) in [5.74, 6) is 0.361. The van der Waals surface area contributed by atoms with E-state index < -0.39 is 6.10 Å². The van der Waals surface area contributed by atoms with E-state index in [9.17, 15) is 9.90 Å². The zero-order valence-corrected chi connectivity index (χ0v) is 14.1. The number of nitrogens with one attached hydrogen (secondary N) is 1. The zero-order valence-electron chi connectivity index (χ0n) is 12.5. The van der Waals surface area contributed by atoms with Gasteiger partial charge < -0.3 is 15.2 Å². The smallest absolute Gasteiger partial charge is 0.338 e. The molecule has 0 spiro atoms. The second kappa shape index (κ2) is 6.74. The first-order valence-electron chi connectivity index (χ1n) is 7.21. The number of cyclic esters (lactones) is 1. The fourth-order valence-electron chi connectivity index (χ4n) is 2.59. The molecule has 0 aliphatic carbocycles. The summed E-state index contributed by atoms with van der Waals surface area (Å²) >= 11 is 3.28. The quantitative estimate of drug-likeness (QED) is 0.775. The summed E-state index contributed by atoms with van der Waals surface area (Å²) in [4.78, 5) is 19.9. The standard InChI is InChI=1S/C16H16BrN3O3/c1-9-11(2-3-12-13(9)8-23-16(12)22)14(21)6-18-7-15-19-4-10(17)5-20-15/h2-5,14,18,21H,6-8H2,1H3/t14-/m0/s1. The highest BCUT2D eigenvalue weighted by Gasteiger charge is 2.25. The highest BCUT2D eigenvalue weighted by Crippen LogP contribution is 2.28. The van der Waals surface area contributed by atoms with Gasteiger partial charge >= 0.3 is 5.97 Å². The Balaban J connectivity index is 1.63. The molecule has 0 radical (unpaired) electrons. The Labute approximate surface area is 142 Å². The zero-order chi connectivity index (χ0) is 16.4. The molecular formula is C16H16BrN3O3. The first-order chi connectivity index (χ1) is 11.1. The number of carbonyl (C=O) groups excluding carboxylic acids is 1. The van der Waals surface area contributed by atoms with Crippen LogP contribution in [0.3, 0.4) is 0 Å². The number of aromatic nitrogens is 2. The number of benzene rings is 1. The van der Waals surface area contributed by atoms with Crippen molar-refractivity contribution in [2.75, 3.05) is 6.54 Å². The van der Waals surface area contributed by atoms with Crippen LogP contribution < -0.4 is 5.32 Å². The van der Waals surface area contributed by atoms with Crippen LogP contribution in [0, 0.1) is 6.92 Å². The van der Waals surface area contributed by atoms with Crippen LogP contribution in [-0.2, 0) is 17.9 Å². The van der Waals surface area contributed by atoms with Crippen molar-refractivity contribution in [3.8, 4) is 0 Å². The lowest BCUT2D eigenvalue weighted by Gasteiger charge is -2.16. The van der Waals surface area contributed by atoms with E-state index in [0.717, 1.165) is 21.2 Å². The molecule has 1 aliphatic rings. The van der Waals surface area contributed by atoms with Crippen molar-refractivity contribution in [3.63, 3.8) is 0 Å². The molecule has 0 bridgehead atoms. The van der Waals surface area contributed by atoms with Gasteiger partial charge in [0.1, 0.15) is 12.4 Å². The Kier molecular flexibility index (Phi) is 4.70. The molecule has 7 heteroatoms. The van der Waals surface area contributed by atoms with Crippen LogP contribution in [0.25, 0.3) is 0 Å². The number of aliphatic hydroxyl groups excluding tert-OH is 1. The molecule has 3 rings (SSSR count). The first-order valence-corrected chi connectivity index (χ1v) is 8.00. The molecule has 0 saturated carbocycles. The molecule has 1 aromatic heterocycles. The number of hydrogen-bond donors (Lipinski definition) is 2. The Morgan fingerprint density at radius 2 is 2.13 bits per heavy atom. The largest absolute Gasteiger partial charge is 0.457 e. The minimum atomic E-state index is -0.675. The number of ether oxygens (including phenoxy) is 1. The average Bonchev–Trinajstić information content (AvgIpc) is 2.92. The number of halogens is 1. The van der Waals surface area contributed by atoms with Crippen molar-refractivity contribution >= 4 is 21.9 Å². The molecule has 2 N–H and O–H groups in total. The maximum atomic E-state index is 11.5. The summed E-state index contributed by atoms with van der Waals surface area (Å²) in [5.41, 5.74) is 3.16. The number of fused-ring (bicyclic) bond motifs is 1. The van der Waals surface area contributed by atoms with Gasteiger partial charge in [0.15, 0.2) is 0 Å². The van der Waals surface area contributed by atoms with Crippen LogP contribution in [0.1, 0.15) is 39.0 Å². The summed E-state index contributed by atoms with van der Waals surface area (Å²) in [6, 6.07) is 3.50. The summed E-state index contributed by atoms with van der Waals surface area (Å²) in [6.07, 6.45) is 2.69. The maximum absolute atomic E-state index is 11.5. The molecule has 0 amide bonds. The van der Waals surface area contributed by atoms with Gasteiger partial charge in [0, 0.05) is 24.5 Å². The average molecular weight is 378 g/mol. The van der Waals surface area contributed by atoms with Crippen molar-refractivity contribution in [2.45, 2.75) is 26.2 Å². The summed E-state index contributed by atoms with van der Waals surface area (Å²) in [5, 5.41) is 13.5. The molecule has 1 aliphatic heterocycles. The Hall–Kier alpha value is -1.83. The molecular weight excluding hydrogens is 362 g/mol. The number of rotatable bonds is 5. The summed E-state index contributed by atoms with van der Waals surface area (Å²) in [7, 11) is 0. The van der Waals surface area contributed by atoms with E-state index in [0.29, 0.717) is 24.5 Å². The molecule has 6 nitrogen and oxygen atoms in total. The van der Waals surface area contributed by atoms with E-state index in [-0.39, 0.29) is 12.6 Å². The van der Waals surface area contributed by atoms with E-state index >= 15 is 0 Å². The van der Waals surface area contributed by atoms with Gasteiger partial charge in [-0.2, -0.15) is 0 Å². The minimum Gasteiger partial charge on any atom is -0.457 e. The van der Waals surface area contributed by atoms with Gasteiger partial charge in [-0.15, -0.1) is 0 Å². The van der Waals surface area contributed by atoms with Crippen molar-refractivity contribution in [2.24, 2.45) is 0 Å². The first kappa shape index (κ1) is 16.0. The fraction of sp³-hybridized carbons (Fsp3) is 0.312. The van der Waals surface area contributed by atoms with Gasteiger partial charge in [-0.25, -0.2) is 14.8 Å². The Bertz CT molecular complexity index is 734. The molecule has 2 aromatic rings. The molecule has 0 saturated heterocycles. The molecule has 120 valence electrons. The summed E-state index contributed by atoms with van der Waals surface area (Å²) < 4.78 is 5.86. The maximum Gasteiger partial charge on any atom is 0.338 e. The molecule has 0 fully saturated rings. The van der Waals surface area contributed by atoms with Crippen LogP contribution >= 0.6 is 15.9 Å². The van der Waals surface area contributed by atoms with Gasteiger partial charge in [0.05, 0.1) is 22.7 Å². The van der Waals surface area contributed by atoms with Crippen molar-refractivity contribution < 1.29 is 14.6 Å². The van der Waals surface area contributed by atoms with Crippen LogP contribution in [-0.4, -0.2) is 27.6 Å². The Morgan fingerprint density at radius 3 is 2.87 bits per heavy atom. The molecule has 23 heavy (non-hydrogen) atoms. The van der Waals surface area contributed by atoms with Crippen molar-refractivity contribution in [3.05, 3.63) is 57.1 Å². The molecule has 0 unspecified atom stereocenters. The van der Waals surface area contributed by atoms with E-state index in [4.69, 9.17) is 4.74 Å². The number of carbonyl (C=O) groups is 1. The van der Waals surface area contributed by atoms with Crippen LogP contribution in [0.4, 0.5) is 0 Å². The second-order valence-corrected chi connectivity index (χ2v) is 6.26. The lowest BCUT2D eigenvalue weighted by atomic mass is 9.95. The highest BCUT2D eigenvalue weighted by molar-refractivity contribution is 9.10. The third-order valence-corrected chi connectivity index (χ3v) is 4.27. The van der Waals surface area contributed by atoms with Crippen LogP contribution in [0.15, 0.2) is 29.0 Å². The van der Waals surface area contributed by atoms with E-state index in [1.165, 1.54) is 0 Å². The third kappa shape index (κ3) is 3.41. The van der Waals surface area contributed by atoms with Gasteiger partial charge in [-0.1, -0.05) is 6.07 Å². The van der Waals surface area contributed by atoms with Gasteiger partial charge in [0.2, 0.25) is 0 Å². The number of hydrogen-bond acceptors (Lipinski definition) is 6. The molecule has 2 heterocycles. The predicted octanol–water partition coefficient (Wildman–Crippen LogP) is 2.04.